The van der Waals surface area contributed by atoms with Gasteiger partial charge >= 0.3 is 29.6 Å². The molecule has 0 unspecified atom stereocenters. The molecule has 3 nitrogen and oxygen atoms in total. The van der Waals surface area contributed by atoms with E-state index in [9.17, 15) is 8.42 Å². The van der Waals surface area contributed by atoms with Crippen molar-refractivity contribution in [2.45, 2.75) is 4.90 Å². The number of hydrogen-bond donors (Lipinski definition) is 0. The van der Waals surface area contributed by atoms with E-state index in [1.165, 1.54) is 12.1 Å². The second-order valence-electron chi connectivity index (χ2n) is 1.93. The molecule has 0 saturated heterocycles. The third-order valence-electron chi connectivity index (χ3n) is 1.25. The van der Waals surface area contributed by atoms with Crippen LogP contribution in [0.25, 0.3) is 0 Å². The molecular weight excluding hydrogens is 187 g/mol. The minimum atomic E-state index is -3.50. The van der Waals surface area contributed by atoms with Gasteiger partial charge in [-0.2, -0.15) is 8.42 Å². The summed E-state index contributed by atoms with van der Waals surface area (Å²) in [5, 5.41) is 0. The Morgan fingerprint density at radius 2 is 1.67 bits per heavy atom. The molecule has 1 rings (SSSR count). The van der Waals surface area contributed by atoms with Gasteiger partial charge in [0, 0.05) is 0 Å². The molecule has 0 spiro atoms. The molecule has 1 aromatic rings. The molecule has 5 heteroatoms. The molecule has 0 amide bonds. The van der Waals surface area contributed by atoms with Crippen molar-refractivity contribution in [1.29, 1.82) is 0 Å². The van der Waals surface area contributed by atoms with Gasteiger partial charge in [-0.05, 0) is 12.1 Å². The van der Waals surface area contributed by atoms with Crippen molar-refractivity contribution in [3.05, 3.63) is 30.3 Å². The molecule has 0 aromatic heterocycles. The van der Waals surface area contributed by atoms with Crippen LogP contribution in [0.1, 0.15) is 0 Å². The molecule has 0 aliphatic rings. The number of rotatable bonds is 2. The fourth-order valence-electron chi connectivity index (χ4n) is 0.683. The van der Waals surface area contributed by atoms with E-state index in [0.29, 0.717) is 0 Å². The van der Waals surface area contributed by atoms with Gasteiger partial charge in [0.15, 0.2) is 0 Å². The predicted octanol–water partition coefficient (Wildman–Crippen LogP) is 0.373. The molecule has 0 aliphatic carbocycles. The Hall–Kier alpha value is 0.130. The van der Waals surface area contributed by atoms with Crippen molar-refractivity contribution >= 4 is 39.7 Å². The molecule has 0 radical (unpaired) electrons. The summed E-state index contributed by atoms with van der Waals surface area (Å²) in [6.45, 7) is 0. The molecule has 62 valence electrons. The van der Waals surface area contributed by atoms with E-state index >= 15 is 0 Å². The normalized spacial score (nSPS) is 10.4. The van der Waals surface area contributed by atoms with Crippen LogP contribution in [0, 0.1) is 0 Å². The van der Waals surface area contributed by atoms with Crippen LogP contribution in [0.4, 0.5) is 0 Å². The van der Waals surface area contributed by atoms with Crippen LogP contribution in [0.15, 0.2) is 35.2 Å². The second-order valence-corrected chi connectivity index (χ2v) is 3.65. The zero-order chi connectivity index (χ0) is 8.32. The summed E-state index contributed by atoms with van der Waals surface area (Å²) < 4.78 is 26.3. The maximum absolute atomic E-state index is 11.0. The van der Waals surface area contributed by atoms with Crippen LogP contribution in [0.5, 0.6) is 0 Å². The summed E-state index contributed by atoms with van der Waals surface area (Å²) in [5.74, 6) is 0. The SMILES string of the molecule is COS(=O)(=O)c1ccccc1.[NaH]. The van der Waals surface area contributed by atoms with Crippen molar-refractivity contribution in [2.24, 2.45) is 0 Å². The van der Waals surface area contributed by atoms with Gasteiger partial charge in [0.25, 0.3) is 10.1 Å². The Kier molecular flexibility index (Phi) is 5.04. The van der Waals surface area contributed by atoms with E-state index in [1.54, 1.807) is 18.2 Å². The third-order valence-corrected chi connectivity index (χ3v) is 2.54. The van der Waals surface area contributed by atoms with Crippen LogP contribution in [0.2, 0.25) is 0 Å². The fraction of sp³-hybridized carbons (Fsp3) is 0.143. The Morgan fingerprint density at radius 3 is 2.08 bits per heavy atom. The molecule has 0 atom stereocenters. The Bertz CT molecular complexity index is 320. The molecule has 0 aliphatic heterocycles. The maximum atomic E-state index is 11.0. The monoisotopic (exact) mass is 196 g/mol. The average molecular weight is 196 g/mol. The van der Waals surface area contributed by atoms with Gasteiger partial charge in [0.2, 0.25) is 0 Å². The van der Waals surface area contributed by atoms with Crippen molar-refractivity contribution in [3.63, 3.8) is 0 Å². The Morgan fingerprint density at radius 1 is 1.17 bits per heavy atom. The number of benzene rings is 1. The van der Waals surface area contributed by atoms with Crippen molar-refractivity contribution < 1.29 is 12.6 Å². The summed E-state index contributed by atoms with van der Waals surface area (Å²) in [5.41, 5.74) is 0. The molecule has 0 heterocycles. The molecule has 0 fully saturated rings. The molecule has 0 bridgehead atoms. The van der Waals surface area contributed by atoms with Gasteiger partial charge in [0.05, 0.1) is 12.0 Å². The van der Waals surface area contributed by atoms with E-state index in [2.05, 4.69) is 4.18 Å². The van der Waals surface area contributed by atoms with Gasteiger partial charge < -0.3 is 0 Å². The van der Waals surface area contributed by atoms with Crippen molar-refractivity contribution in [3.8, 4) is 0 Å². The van der Waals surface area contributed by atoms with Gasteiger partial charge in [-0.15, -0.1) is 0 Å². The standard InChI is InChI=1S/C7H8O3S.Na.H/c1-10-11(8,9)7-5-3-2-4-6-7;;/h2-6H,1H3;;. The quantitative estimate of drug-likeness (QED) is 0.507. The van der Waals surface area contributed by atoms with E-state index in [0.717, 1.165) is 7.11 Å². The van der Waals surface area contributed by atoms with Crippen LogP contribution in [0.3, 0.4) is 0 Å². The molecule has 12 heavy (non-hydrogen) atoms. The summed E-state index contributed by atoms with van der Waals surface area (Å²) in [6.07, 6.45) is 0. The van der Waals surface area contributed by atoms with Crippen molar-refractivity contribution in [2.75, 3.05) is 7.11 Å². The Labute approximate surface area is 94.2 Å². The first-order chi connectivity index (χ1) is 5.17. The number of hydrogen-bond acceptors (Lipinski definition) is 3. The minimum absolute atomic E-state index is 0. The molecule has 0 N–H and O–H groups in total. The third kappa shape index (κ3) is 2.88. The van der Waals surface area contributed by atoms with Gasteiger partial charge in [-0.1, -0.05) is 18.2 Å². The van der Waals surface area contributed by atoms with E-state index in [4.69, 9.17) is 0 Å². The zero-order valence-electron chi connectivity index (χ0n) is 6.02. The van der Waals surface area contributed by atoms with Crippen molar-refractivity contribution in [1.82, 2.24) is 0 Å². The van der Waals surface area contributed by atoms with E-state index < -0.39 is 10.1 Å². The van der Waals surface area contributed by atoms with Crippen LogP contribution < -0.4 is 0 Å². The zero-order valence-corrected chi connectivity index (χ0v) is 6.84. The molecular formula is C7H9NaO3S. The van der Waals surface area contributed by atoms with Gasteiger partial charge in [-0.25, -0.2) is 0 Å². The topological polar surface area (TPSA) is 43.4 Å². The molecule has 1 aromatic carbocycles. The van der Waals surface area contributed by atoms with Crippen LogP contribution in [-0.4, -0.2) is 45.1 Å². The van der Waals surface area contributed by atoms with E-state index in [1.807, 2.05) is 0 Å². The van der Waals surface area contributed by atoms with E-state index in [-0.39, 0.29) is 34.5 Å². The van der Waals surface area contributed by atoms with Gasteiger partial charge in [0.1, 0.15) is 0 Å². The average Bonchev–Trinajstić information content (AvgIpc) is 2.06. The first-order valence-electron chi connectivity index (χ1n) is 3.02. The summed E-state index contributed by atoms with van der Waals surface area (Å²) >= 11 is 0. The summed E-state index contributed by atoms with van der Waals surface area (Å²) in [4.78, 5) is 0.183. The first kappa shape index (κ1) is 12.1. The van der Waals surface area contributed by atoms with Gasteiger partial charge in [-0.3, -0.25) is 4.18 Å². The second kappa shape index (κ2) is 4.99. The summed E-state index contributed by atoms with van der Waals surface area (Å²) in [6, 6.07) is 8.00. The molecule has 0 saturated carbocycles. The fourth-order valence-corrected chi connectivity index (χ4v) is 1.37. The van der Waals surface area contributed by atoms with Crippen LogP contribution in [-0.2, 0) is 14.3 Å². The predicted molar refractivity (Wildman–Crippen MR) is 47.8 cm³/mol. The first-order valence-corrected chi connectivity index (χ1v) is 4.43. The Balaban J connectivity index is 0.00000121. The summed E-state index contributed by atoms with van der Waals surface area (Å²) in [7, 11) is -2.36. The van der Waals surface area contributed by atoms with Crippen LogP contribution >= 0.6 is 0 Å².